The minimum absolute atomic E-state index is 0.0440. The number of hydrogen-bond acceptors (Lipinski definition) is 3. The van der Waals surface area contributed by atoms with Crippen molar-refractivity contribution in [2.45, 2.75) is 13.0 Å². The number of rotatable bonds is 9. The van der Waals surface area contributed by atoms with Crippen molar-refractivity contribution in [3.8, 4) is 0 Å². The average molecular weight is 308 g/mol. The smallest absolute Gasteiger partial charge is 0.315 e. The fraction of sp³-hybridized carbons (Fsp3) is 0.333. The van der Waals surface area contributed by atoms with Gasteiger partial charge in [-0.2, -0.15) is 11.8 Å². The fourth-order valence-corrected chi connectivity index (χ4v) is 2.29. The Balaban J connectivity index is 2.35. The first kappa shape index (κ1) is 17.1. The van der Waals surface area contributed by atoms with Crippen LogP contribution in [-0.4, -0.2) is 35.2 Å². The summed E-state index contributed by atoms with van der Waals surface area (Å²) in [6.07, 6.45) is 1.78. The van der Waals surface area contributed by atoms with Gasteiger partial charge in [0.05, 0.1) is 6.42 Å². The van der Waals surface area contributed by atoms with Crippen molar-refractivity contribution in [1.29, 1.82) is 0 Å². The summed E-state index contributed by atoms with van der Waals surface area (Å²) in [5.41, 5.74) is 1.53. The number of carbonyl (C=O) groups excluding carboxylic acids is 1. The molecule has 1 aromatic carbocycles. The Morgan fingerprint density at radius 2 is 1.95 bits per heavy atom. The summed E-state index contributed by atoms with van der Waals surface area (Å²) >= 11 is 1.69. The van der Waals surface area contributed by atoms with E-state index in [-0.39, 0.29) is 12.5 Å². The highest BCUT2D eigenvalue weighted by molar-refractivity contribution is 7.99. The van der Waals surface area contributed by atoms with Gasteiger partial charge < -0.3 is 15.7 Å². The molecule has 0 bridgehead atoms. The van der Waals surface area contributed by atoms with Crippen molar-refractivity contribution >= 4 is 23.8 Å². The van der Waals surface area contributed by atoms with Crippen molar-refractivity contribution in [2.75, 3.05) is 18.1 Å². The third-order valence-electron chi connectivity index (χ3n) is 2.67. The highest BCUT2D eigenvalue weighted by Gasteiger charge is 2.07. The van der Waals surface area contributed by atoms with E-state index in [4.69, 9.17) is 5.11 Å². The van der Waals surface area contributed by atoms with Gasteiger partial charge in [-0.25, -0.2) is 4.79 Å². The van der Waals surface area contributed by atoms with Gasteiger partial charge in [-0.1, -0.05) is 30.3 Å². The number of hydrogen-bond donors (Lipinski definition) is 3. The summed E-state index contributed by atoms with van der Waals surface area (Å²) < 4.78 is 0. The molecule has 5 nitrogen and oxygen atoms in total. The molecule has 0 spiro atoms. The van der Waals surface area contributed by atoms with Crippen LogP contribution in [0.1, 0.15) is 11.1 Å². The lowest BCUT2D eigenvalue weighted by atomic mass is 10.0. The van der Waals surface area contributed by atoms with E-state index in [1.54, 1.807) is 23.9 Å². The summed E-state index contributed by atoms with van der Waals surface area (Å²) in [4.78, 5) is 22.4. The molecule has 0 saturated carbocycles. The molecule has 0 aliphatic rings. The summed E-state index contributed by atoms with van der Waals surface area (Å²) in [6, 6.07) is 6.94. The zero-order valence-corrected chi connectivity index (χ0v) is 12.6. The van der Waals surface area contributed by atoms with Crippen LogP contribution in [0.3, 0.4) is 0 Å². The Labute approximate surface area is 128 Å². The van der Waals surface area contributed by atoms with Gasteiger partial charge in [0.2, 0.25) is 0 Å². The Kier molecular flexibility index (Phi) is 8.04. The van der Waals surface area contributed by atoms with Crippen molar-refractivity contribution in [2.24, 2.45) is 0 Å². The van der Waals surface area contributed by atoms with Gasteiger partial charge in [-0.05, 0) is 11.1 Å². The number of urea groups is 1. The lowest BCUT2D eigenvalue weighted by molar-refractivity contribution is -0.136. The molecule has 1 aromatic rings. The molecule has 0 aliphatic heterocycles. The molecule has 0 atom stereocenters. The topological polar surface area (TPSA) is 78.4 Å². The fourth-order valence-electron chi connectivity index (χ4n) is 1.71. The van der Waals surface area contributed by atoms with Gasteiger partial charge >= 0.3 is 12.0 Å². The SMILES string of the molecule is C=CCSCCNC(=O)NCc1ccccc1CC(=O)O. The Bertz CT molecular complexity index is 492. The van der Waals surface area contributed by atoms with Gasteiger partial charge in [0.15, 0.2) is 0 Å². The molecule has 0 saturated heterocycles. The van der Waals surface area contributed by atoms with Crippen LogP contribution in [0.15, 0.2) is 36.9 Å². The quantitative estimate of drug-likeness (QED) is 0.482. The molecule has 1 rings (SSSR count). The van der Waals surface area contributed by atoms with Crippen LogP contribution in [0, 0.1) is 0 Å². The zero-order valence-electron chi connectivity index (χ0n) is 11.8. The van der Waals surface area contributed by atoms with Gasteiger partial charge in [0.25, 0.3) is 0 Å². The Hall–Kier alpha value is -1.95. The summed E-state index contributed by atoms with van der Waals surface area (Å²) in [7, 11) is 0. The van der Waals surface area contributed by atoms with Crippen LogP contribution >= 0.6 is 11.8 Å². The molecule has 0 radical (unpaired) electrons. The lowest BCUT2D eigenvalue weighted by Gasteiger charge is -2.10. The summed E-state index contributed by atoms with van der Waals surface area (Å²) in [6.45, 7) is 4.52. The maximum absolute atomic E-state index is 11.6. The Morgan fingerprint density at radius 3 is 2.62 bits per heavy atom. The van der Waals surface area contributed by atoms with E-state index in [9.17, 15) is 9.59 Å². The predicted molar refractivity (Wildman–Crippen MR) is 85.5 cm³/mol. The highest BCUT2D eigenvalue weighted by atomic mass is 32.2. The largest absolute Gasteiger partial charge is 0.481 e. The third kappa shape index (κ3) is 7.41. The van der Waals surface area contributed by atoms with E-state index in [0.29, 0.717) is 18.7 Å². The third-order valence-corrected chi connectivity index (χ3v) is 3.63. The first-order valence-corrected chi connectivity index (χ1v) is 7.78. The van der Waals surface area contributed by atoms with Crippen LogP contribution in [0.2, 0.25) is 0 Å². The second-order valence-corrected chi connectivity index (χ2v) is 5.46. The lowest BCUT2D eigenvalue weighted by Crippen LogP contribution is -2.36. The molecule has 0 unspecified atom stereocenters. The van der Waals surface area contributed by atoms with Gasteiger partial charge in [-0.3, -0.25) is 4.79 Å². The second kappa shape index (κ2) is 9.88. The standard InChI is InChI=1S/C15H20N2O3S/c1-2-8-21-9-7-16-15(20)17-11-13-6-4-3-5-12(13)10-14(18)19/h2-6H,1,7-11H2,(H,18,19)(H2,16,17,20). The first-order valence-electron chi connectivity index (χ1n) is 6.62. The highest BCUT2D eigenvalue weighted by Crippen LogP contribution is 2.09. The van der Waals surface area contributed by atoms with E-state index in [0.717, 1.165) is 17.1 Å². The minimum Gasteiger partial charge on any atom is -0.481 e. The molecule has 0 heterocycles. The van der Waals surface area contributed by atoms with Crippen LogP contribution in [0.4, 0.5) is 4.79 Å². The molecule has 0 fully saturated rings. The molecular weight excluding hydrogens is 288 g/mol. The zero-order chi connectivity index (χ0) is 15.5. The molecule has 114 valence electrons. The monoisotopic (exact) mass is 308 g/mol. The number of carboxylic acid groups (broad SMARTS) is 1. The van der Waals surface area contributed by atoms with E-state index in [2.05, 4.69) is 17.2 Å². The molecule has 21 heavy (non-hydrogen) atoms. The number of thioether (sulfide) groups is 1. The average Bonchev–Trinajstić information content (AvgIpc) is 2.45. The molecule has 3 N–H and O–H groups in total. The van der Waals surface area contributed by atoms with Crippen LogP contribution in [-0.2, 0) is 17.8 Å². The minimum atomic E-state index is -0.883. The van der Waals surface area contributed by atoms with Gasteiger partial charge in [0, 0.05) is 24.6 Å². The van der Waals surface area contributed by atoms with E-state index in [1.165, 1.54) is 0 Å². The van der Waals surface area contributed by atoms with E-state index >= 15 is 0 Å². The molecule has 2 amide bonds. The molecular formula is C15H20N2O3S. The first-order chi connectivity index (χ1) is 10.1. The number of carbonyl (C=O) groups is 2. The maximum Gasteiger partial charge on any atom is 0.315 e. The van der Waals surface area contributed by atoms with E-state index in [1.807, 2.05) is 18.2 Å². The van der Waals surface area contributed by atoms with Gasteiger partial charge in [-0.15, -0.1) is 6.58 Å². The van der Waals surface area contributed by atoms with Gasteiger partial charge in [0.1, 0.15) is 0 Å². The van der Waals surface area contributed by atoms with Crippen LogP contribution < -0.4 is 10.6 Å². The van der Waals surface area contributed by atoms with E-state index < -0.39 is 5.97 Å². The van der Waals surface area contributed by atoms with Crippen molar-refractivity contribution in [3.63, 3.8) is 0 Å². The summed E-state index contributed by atoms with van der Waals surface area (Å²) in [5, 5.41) is 14.3. The summed E-state index contributed by atoms with van der Waals surface area (Å²) in [5.74, 6) is 0.812. The van der Waals surface area contributed by atoms with Crippen molar-refractivity contribution in [1.82, 2.24) is 10.6 Å². The number of aliphatic carboxylic acids is 1. The van der Waals surface area contributed by atoms with Crippen LogP contribution in [0.25, 0.3) is 0 Å². The van der Waals surface area contributed by atoms with Crippen molar-refractivity contribution < 1.29 is 14.7 Å². The number of carboxylic acids is 1. The molecule has 0 aromatic heterocycles. The molecule has 6 heteroatoms. The maximum atomic E-state index is 11.6. The molecule has 0 aliphatic carbocycles. The van der Waals surface area contributed by atoms with Crippen LogP contribution in [0.5, 0.6) is 0 Å². The number of benzene rings is 1. The number of nitrogens with one attached hydrogen (secondary N) is 2. The Morgan fingerprint density at radius 1 is 1.24 bits per heavy atom. The van der Waals surface area contributed by atoms with Crippen molar-refractivity contribution in [3.05, 3.63) is 48.0 Å². The normalized spacial score (nSPS) is 9.90. The predicted octanol–water partition coefficient (Wildman–Crippen LogP) is 2.03. The number of amides is 2. The second-order valence-electron chi connectivity index (χ2n) is 4.31.